The summed E-state index contributed by atoms with van der Waals surface area (Å²) in [7, 11) is -1.96. The Morgan fingerprint density at radius 1 is 1.50 bits per heavy atom. The van der Waals surface area contributed by atoms with Gasteiger partial charge in [-0.1, -0.05) is 25.2 Å². The number of nitrogens with one attached hydrogen (secondary N) is 1. The van der Waals surface area contributed by atoms with E-state index in [2.05, 4.69) is 4.72 Å². The van der Waals surface area contributed by atoms with Gasteiger partial charge < -0.3 is 10.5 Å². The Kier molecular flexibility index (Phi) is 4.92. The number of sulfonamides is 1. The molecule has 1 rings (SSSR count). The summed E-state index contributed by atoms with van der Waals surface area (Å²) in [6.07, 6.45) is 0.521. The maximum Gasteiger partial charge on any atom is 0.232 e. The molecule has 100 valence electrons. The molecule has 1 aromatic carbocycles. The Morgan fingerprint density at radius 3 is 2.67 bits per heavy atom. The summed E-state index contributed by atoms with van der Waals surface area (Å²) < 4.78 is 31.2. The lowest BCUT2D eigenvalue weighted by atomic mass is 10.1. The van der Waals surface area contributed by atoms with Crippen LogP contribution in [0.15, 0.2) is 18.2 Å². The number of methoxy groups -OCH3 is 1. The van der Waals surface area contributed by atoms with Gasteiger partial charge in [0.15, 0.2) is 0 Å². The zero-order valence-electron chi connectivity index (χ0n) is 10.3. The van der Waals surface area contributed by atoms with Crippen LogP contribution in [0.3, 0.4) is 0 Å². The van der Waals surface area contributed by atoms with E-state index >= 15 is 0 Å². The largest absolute Gasteiger partial charge is 0.495 e. The number of nitrogens with two attached hydrogens (primary N) is 1. The third-order valence-corrected chi connectivity index (χ3v) is 3.92. The number of para-hydroxylation sites is 1. The quantitative estimate of drug-likeness (QED) is 0.775. The first-order chi connectivity index (χ1) is 8.41. The van der Waals surface area contributed by atoms with Crippen LogP contribution >= 0.6 is 12.2 Å². The summed E-state index contributed by atoms with van der Waals surface area (Å²) in [6.45, 7) is 1.79. The summed E-state index contributed by atoms with van der Waals surface area (Å²) in [4.78, 5) is 0.114. The molecule has 0 spiro atoms. The molecule has 1 aromatic rings. The van der Waals surface area contributed by atoms with E-state index < -0.39 is 10.0 Å². The van der Waals surface area contributed by atoms with Crippen molar-refractivity contribution in [3.63, 3.8) is 0 Å². The van der Waals surface area contributed by atoms with Crippen molar-refractivity contribution in [2.24, 2.45) is 5.73 Å². The van der Waals surface area contributed by atoms with Gasteiger partial charge >= 0.3 is 0 Å². The molecule has 5 nitrogen and oxygen atoms in total. The van der Waals surface area contributed by atoms with Gasteiger partial charge in [-0.05, 0) is 18.6 Å². The fraction of sp³-hybridized carbons (Fsp3) is 0.364. The number of hydrogen-bond acceptors (Lipinski definition) is 4. The van der Waals surface area contributed by atoms with Crippen molar-refractivity contribution < 1.29 is 13.2 Å². The van der Waals surface area contributed by atoms with E-state index in [-0.39, 0.29) is 10.7 Å². The molecule has 18 heavy (non-hydrogen) atoms. The standard InChI is InChI=1S/C11H16N2O3S2/c1-3-7-18(14,15)13-10-8(11(12)17)5-4-6-9(10)16-2/h4-6,13H,3,7H2,1-2H3,(H2,12,17). The summed E-state index contributed by atoms with van der Waals surface area (Å²) in [5.74, 6) is 0.418. The van der Waals surface area contributed by atoms with Gasteiger partial charge in [-0.2, -0.15) is 0 Å². The van der Waals surface area contributed by atoms with E-state index in [0.29, 0.717) is 23.4 Å². The summed E-state index contributed by atoms with van der Waals surface area (Å²) in [5.41, 5.74) is 6.31. The molecule has 0 aromatic heterocycles. The highest BCUT2D eigenvalue weighted by atomic mass is 32.2. The fourth-order valence-corrected chi connectivity index (χ4v) is 2.82. The lowest BCUT2D eigenvalue weighted by molar-refractivity contribution is 0.417. The lowest BCUT2D eigenvalue weighted by Crippen LogP contribution is -2.20. The second kappa shape index (κ2) is 6.01. The van der Waals surface area contributed by atoms with Crippen molar-refractivity contribution in [1.82, 2.24) is 0 Å². The molecule has 0 heterocycles. The fourth-order valence-electron chi connectivity index (χ4n) is 1.49. The Morgan fingerprint density at radius 2 is 2.17 bits per heavy atom. The number of anilines is 1. The van der Waals surface area contributed by atoms with Gasteiger partial charge in [-0.3, -0.25) is 4.72 Å². The number of thiocarbonyl (C=S) groups is 1. The molecule has 3 N–H and O–H groups in total. The molecule has 0 bridgehead atoms. The molecule has 0 saturated heterocycles. The minimum atomic E-state index is -3.42. The highest BCUT2D eigenvalue weighted by molar-refractivity contribution is 7.92. The molecule has 0 aliphatic rings. The third-order valence-electron chi connectivity index (χ3n) is 2.24. The van der Waals surface area contributed by atoms with Gasteiger partial charge in [0.2, 0.25) is 10.0 Å². The Bertz CT molecular complexity index is 541. The molecule has 0 fully saturated rings. The Balaban J connectivity index is 3.25. The van der Waals surface area contributed by atoms with E-state index in [4.69, 9.17) is 22.7 Å². The van der Waals surface area contributed by atoms with Crippen LogP contribution in [-0.2, 0) is 10.0 Å². The maximum absolute atomic E-state index is 11.8. The highest BCUT2D eigenvalue weighted by Crippen LogP contribution is 2.29. The molecule has 0 radical (unpaired) electrons. The van der Waals surface area contributed by atoms with Crippen molar-refractivity contribution in [3.8, 4) is 5.75 Å². The van der Waals surface area contributed by atoms with Crippen LogP contribution in [0, 0.1) is 0 Å². The topological polar surface area (TPSA) is 81.4 Å². The average molecular weight is 288 g/mol. The van der Waals surface area contributed by atoms with E-state index in [1.54, 1.807) is 25.1 Å². The summed E-state index contributed by atoms with van der Waals surface area (Å²) in [6, 6.07) is 4.99. The first kappa shape index (κ1) is 14.7. The smallest absolute Gasteiger partial charge is 0.232 e. The minimum absolute atomic E-state index is 0.0296. The molecule has 7 heteroatoms. The first-order valence-electron chi connectivity index (χ1n) is 5.38. The number of hydrogen-bond donors (Lipinski definition) is 2. The van der Waals surface area contributed by atoms with Crippen molar-refractivity contribution in [3.05, 3.63) is 23.8 Å². The van der Waals surface area contributed by atoms with Gasteiger partial charge in [0, 0.05) is 5.56 Å². The monoisotopic (exact) mass is 288 g/mol. The Labute approximate surface area is 112 Å². The van der Waals surface area contributed by atoms with Crippen LogP contribution in [-0.4, -0.2) is 26.3 Å². The average Bonchev–Trinajstić information content (AvgIpc) is 2.28. The minimum Gasteiger partial charge on any atom is -0.495 e. The molecular weight excluding hydrogens is 272 g/mol. The van der Waals surface area contributed by atoms with Crippen molar-refractivity contribution >= 4 is 32.9 Å². The van der Waals surface area contributed by atoms with Gasteiger partial charge in [0.25, 0.3) is 0 Å². The van der Waals surface area contributed by atoms with E-state index in [1.165, 1.54) is 7.11 Å². The number of ether oxygens (including phenoxy) is 1. The van der Waals surface area contributed by atoms with Crippen LogP contribution in [0.1, 0.15) is 18.9 Å². The predicted molar refractivity (Wildman–Crippen MR) is 76.6 cm³/mol. The van der Waals surface area contributed by atoms with Crippen molar-refractivity contribution in [1.29, 1.82) is 0 Å². The summed E-state index contributed by atoms with van der Waals surface area (Å²) in [5, 5.41) is 0. The van der Waals surface area contributed by atoms with Crippen LogP contribution in [0.2, 0.25) is 0 Å². The summed E-state index contributed by atoms with van der Waals surface area (Å²) >= 11 is 4.90. The molecule has 0 unspecified atom stereocenters. The number of rotatable bonds is 6. The van der Waals surface area contributed by atoms with Gasteiger partial charge in [0.05, 0.1) is 12.9 Å². The van der Waals surface area contributed by atoms with Crippen LogP contribution in [0.5, 0.6) is 5.75 Å². The van der Waals surface area contributed by atoms with Crippen LogP contribution < -0.4 is 15.2 Å². The van der Waals surface area contributed by atoms with E-state index in [1.807, 2.05) is 0 Å². The third kappa shape index (κ3) is 3.58. The molecule has 0 atom stereocenters. The van der Waals surface area contributed by atoms with Gasteiger partial charge in [0.1, 0.15) is 16.4 Å². The zero-order valence-corrected chi connectivity index (χ0v) is 11.9. The van der Waals surface area contributed by atoms with E-state index in [9.17, 15) is 8.42 Å². The first-order valence-corrected chi connectivity index (χ1v) is 7.44. The van der Waals surface area contributed by atoms with Crippen LogP contribution in [0.4, 0.5) is 5.69 Å². The second-order valence-corrected chi connectivity index (χ2v) is 5.95. The van der Waals surface area contributed by atoms with E-state index in [0.717, 1.165) is 0 Å². The number of benzene rings is 1. The SMILES string of the molecule is CCCS(=O)(=O)Nc1c(OC)cccc1C(N)=S. The molecule has 0 amide bonds. The Hall–Kier alpha value is -1.34. The van der Waals surface area contributed by atoms with Crippen molar-refractivity contribution in [2.75, 3.05) is 17.6 Å². The zero-order chi connectivity index (χ0) is 13.8. The maximum atomic E-state index is 11.8. The van der Waals surface area contributed by atoms with Gasteiger partial charge in [-0.15, -0.1) is 0 Å². The van der Waals surface area contributed by atoms with Crippen molar-refractivity contribution in [2.45, 2.75) is 13.3 Å². The molecule has 0 aliphatic heterocycles. The normalized spacial score (nSPS) is 11.0. The molecule has 0 saturated carbocycles. The highest BCUT2D eigenvalue weighted by Gasteiger charge is 2.17. The predicted octanol–water partition coefficient (Wildman–Crippen LogP) is 1.48. The molecular formula is C11H16N2O3S2. The van der Waals surface area contributed by atoms with Gasteiger partial charge in [-0.25, -0.2) is 8.42 Å². The lowest BCUT2D eigenvalue weighted by Gasteiger charge is -2.15. The second-order valence-electron chi connectivity index (χ2n) is 3.67. The molecule has 0 aliphatic carbocycles. The van der Waals surface area contributed by atoms with Crippen LogP contribution in [0.25, 0.3) is 0 Å².